The van der Waals surface area contributed by atoms with Crippen LogP contribution in [0, 0.1) is 0 Å². The molecule has 2 aliphatic heterocycles. The van der Waals surface area contributed by atoms with Crippen LogP contribution in [0.15, 0.2) is 58.3 Å². The maximum Gasteiger partial charge on any atom is 0.243 e. The molecular weight excluding hydrogens is 428 g/mol. The van der Waals surface area contributed by atoms with Crippen LogP contribution in [-0.2, 0) is 29.5 Å². The first-order valence-corrected chi connectivity index (χ1v) is 12.6. The molecule has 8 nitrogen and oxygen atoms in total. The van der Waals surface area contributed by atoms with Crippen LogP contribution in [0.5, 0.6) is 0 Å². The van der Waals surface area contributed by atoms with Gasteiger partial charge in [-0.25, -0.2) is 16.8 Å². The lowest BCUT2D eigenvalue weighted by molar-refractivity contribution is 0.0730. The molecule has 0 aliphatic carbocycles. The normalized spacial score (nSPS) is 19.6. The molecule has 0 spiro atoms. The van der Waals surface area contributed by atoms with Crippen molar-refractivity contribution in [3.8, 4) is 11.1 Å². The van der Waals surface area contributed by atoms with Crippen LogP contribution in [0.3, 0.4) is 0 Å². The molecule has 2 fully saturated rings. The van der Waals surface area contributed by atoms with E-state index in [1.54, 1.807) is 48.5 Å². The number of hydrogen-bond acceptors (Lipinski definition) is 6. The smallest absolute Gasteiger partial charge is 0.243 e. The number of nitrogens with zero attached hydrogens (tertiary/aromatic N) is 2. The summed E-state index contributed by atoms with van der Waals surface area (Å²) in [7, 11) is -7.08. The molecule has 2 aliphatic rings. The highest BCUT2D eigenvalue weighted by molar-refractivity contribution is 7.89. The Kier molecular flexibility index (Phi) is 6.24. The highest BCUT2D eigenvalue weighted by Crippen LogP contribution is 2.26. The third kappa shape index (κ3) is 4.29. The largest absolute Gasteiger partial charge is 0.379 e. The van der Waals surface area contributed by atoms with Crippen LogP contribution < -0.4 is 0 Å². The maximum absolute atomic E-state index is 12.7. The fourth-order valence-corrected chi connectivity index (χ4v) is 6.33. The quantitative estimate of drug-likeness (QED) is 0.681. The zero-order valence-electron chi connectivity index (χ0n) is 16.4. The minimum Gasteiger partial charge on any atom is -0.379 e. The van der Waals surface area contributed by atoms with Crippen molar-refractivity contribution in [2.45, 2.75) is 9.79 Å². The van der Waals surface area contributed by atoms with Gasteiger partial charge in [-0.05, 0) is 35.4 Å². The lowest BCUT2D eigenvalue weighted by Crippen LogP contribution is -2.40. The van der Waals surface area contributed by atoms with E-state index < -0.39 is 20.0 Å². The molecule has 0 radical (unpaired) electrons. The molecule has 2 saturated heterocycles. The Hall–Kier alpha value is -1.82. The zero-order valence-corrected chi connectivity index (χ0v) is 18.1. The predicted octanol–water partition coefficient (Wildman–Crippen LogP) is 1.40. The van der Waals surface area contributed by atoms with Crippen molar-refractivity contribution < 1.29 is 26.3 Å². The van der Waals surface area contributed by atoms with Gasteiger partial charge in [-0.2, -0.15) is 8.61 Å². The van der Waals surface area contributed by atoms with Crippen LogP contribution in [0.1, 0.15) is 0 Å². The number of morpholine rings is 2. The minimum absolute atomic E-state index is 0.236. The first-order valence-electron chi connectivity index (χ1n) is 9.75. The second kappa shape index (κ2) is 8.74. The molecule has 0 atom stereocenters. The summed E-state index contributed by atoms with van der Waals surface area (Å²) in [6.07, 6.45) is 0. The molecule has 10 heteroatoms. The van der Waals surface area contributed by atoms with Crippen molar-refractivity contribution in [1.82, 2.24) is 8.61 Å². The van der Waals surface area contributed by atoms with Gasteiger partial charge in [0.1, 0.15) is 0 Å². The second-order valence-corrected chi connectivity index (χ2v) is 11.0. The van der Waals surface area contributed by atoms with Gasteiger partial charge in [0.15, 0.2) is 0 Å². The Morgan fingerprint density at radius 3 is 1.13 bits per heavy atom. The van der Waals surface area contributed by atoms with E-state index in [1.807, 2.05) is 0 Å². The van der Waals surface area contributed by atoms with E-state index in [4.69, 9.17) is 9.47 Å². The highest BCUT2D eigenvalue weighted by atomic mass is 32.2. The molecular formula is C20H24N2O6S2. The number of ether oxygens (including phenoxy) is 2. The van der Waals surface area contributed by atoms with Crippen molar-refractivity contribution >= 4 is 20.0 Å². The highest BCUT2D eigenvalue weighted by Gasteiger charge is 2.27. The number of sulfonamides is 2. The van der Waals surface area contributed by atoms with Crippen LogP contribution >= 0.6 is 0 Å². The SMILES string of the molecule is O=S(=O)(c1ccc(-c2ccc(S(=O)(=O)N3CCOCC3)cc2)cc1)N1CCOCC1. The first kappa shape index (κ1) is 21.4. The van der Waals surface area contributed by atoms with Gasteiger partial charge < -0.3 is 9.47 Å². The van der Waals surface area contributed by atoms with E-state index in [9.17, 15) is 16.8 Å². The van der Waals surface area contributed by atoms with E-state index >= 15 is 0 Å². The summed E-state index contributed by atoms with van der Waals surface area (Å²) in [6, 6.07) is 13.3. The molecule has 4 rings (SSSR count). The Morgan fingerprint density at radius 2 is 0.833 bits per heavy atom. The molecule has 2 aromatic carbocycles. The van der Waals surface area contributed by atoms with Crippen molar-refractivity contribution in [3.05, 3.63) is 48.5 Å². The van der Waals surface area contributed by atoms with E-state index in [-0.39, 0.29) is 9.79 Å². The molecule has 0 bridgehead atoms. The third-order valence-corrected chi connectivity index (χ3v) is 9.08. The van der Waals surface area contributed by atoms with E-state index in [1.165, 1.54) is 8.61 Å². The van der Waals surface area contributed by atoms with Gasteiger partial charge in [0, 0.05) is 26.2 Å². The topological polar surface area (TPSA) is 93.2 Å². The van der Waals surface area contributed by atoms with Crippen LogP contribution in [-0.4, -0.2) is 78.1 Å². The molecule has 0 aromatic heterocycles. The van der Waals surface area contributed by atoms with Gasteiger partial charge >= 0.3 is 0 Å². The summed E-state index contributed by atoms with van der Waals surface area (Å²) in [6.45, 7) is 3.00. The average molecular weight is 453 g/mol. The van der Waals surface area contributed by atoms with Gasteiger partial charge in [-0.15, -0.1) is 0 Å². The monoisotopic (exact) mass is 452 g/mol. The standard InChI is InChI=1S/C20H24N2O6S2/c23-29(24,21-9-13-27-14-10-21)19-5-1-17(2-6-19)18-3-7-20(8-4-18)30(25,26)22-11-15-28-16-12-22/h1-8H,9-16H2. The predicted molar refractivity (Wildman–Crippen MR) is 111 cm³/mol. The lowest BCUT2D eigenvalue weighted by Gasteiger charge is -2.26. The number of benzene rings is 2. The molecule has 0 amide bonds. The van der Waals surface area contributed by atoms with Crippen LogP contribution in [0.4, 0.5) is 0 Å². The molecule has 0 saturated carbocycles. The van der Waals surface area contributed by atoms with Gasteiger partial charge in [0.05, 0.1) is 36.2 Å². The molecule has 2 aromatic rings. The fraction of sp³-hybridized carbons (Fsp3) is 0.400. The van der Waals surface area contributed by atoms with Crippen molar-refractivity contribution in [2.75, 3.05) is 52.6 Å². The maximum atomic E-state index is 12.7. The molecule has 0 unspecified atom stereocenters. The average Bonchev–Trinajstić information content (AvgIpc) is 2.80. The zero-order chi connectivity index (χ0) is 21.2. The molecule has 2 heterocycles. The number of rotatable bonds is 5. The van der Waals surface area contributed by atoms with Crippen LogP contribution in [0.25, 0.3) is 11.1 Å². The van der Waals surface area contributed by atoms with E-state index in [0.717, 1.165) is 11.1 Å². The summed E-state index contributed by atoms with van der Waals surface area (Å²) < 4.78 is 64.2. The van der Waals surface area contributed by atoms with Crippen molar-refractivity contribution in [2.24, 2.45) is 0 Å². The molecule has 0 N–H and O–H groups in total. The van der Waals surface area contributed by atoms with Crippen LogP contribution in [0.2, 0.25) is 0 Å². The Bertz CT molecular complexity index is 982. The van der Waals surface area contributed by atoms with Gasteiger partial charge in [0.25, 0.3) is 0 Å². The van der Waals surface area contributed by atoms with Gasteiger partial charge in [0.2, 0.25) is 20.0 Å². The second-order valence-electron chi connectivity index (χ2n) is 7.08. The summed E-state index contributed by atoms with van der Waals surface area (Å²) in [5, 5.41) is 0. The Labute approximate surface area is 177 Å². The summed E-state index contributed by atoms with van der Waals surface area (Å²) in [5.41, 5.74) is 1.62. The van der Waals surface area contributed by atoms with E-state index in [0.29, 0.717) is 52.6 Å². The van der Waals surface area contributed by atoms with Gasteiger partial charge in [-0.3, -0.25) is 0 Å². The lowest BCUT2D eigenvalue weighted by atomic mass is 10.1. The third-order valence-electron chi connectivity index (χ3n) is 5.26. The molecule has 30 heavy (non-hydrogen) atoms. The summed E-state index contributed by atoms with van der Waals surface area (Å²) >= 11 is 0. The Morgan fingerprint density at radius 1 is 0.533 bits per heavy atom. The summed E-state index contributed by atoms with van der Waals surface area (Å²) in [4.78, 5) is 0.472. The fourth-order valence-electron chi connectivity index (χ4n) is 3.51. The van der Waals surface area contributed by atoms with Crippen molar-refractivity contribution in [3.63, 3.8) is 0 Å². The Balaban J connectivity index is 1.52. The van der Waals surface area contributed by atoms with Crippen molar-refractivity contribution in [1.29, 1.82) is 0 Å². The number of hydrogen-bond donors (Lipinski definition) is 0. The van der Waals surface area contributed by atoms with E-state index in [2.05, 4.69) is 0 Å². The minimum atomic E-state index is -3.54. The van der Waals surface area contributed by atoms with Gasteiger partial charge in [-0.1, -0.05) is 24.3 Å². The summed E-state index contributed by atoms with van der Waals surface area (Å²) in [5.74, 6) is 0. The molecule has 162 valence electrons. The first-order chi connectivity index (χ1) is 14.4.